The molecule has 3 heterocycles. The molecule has 0 saturated heterocycles. The first kappa shape index (κ1) is 20.1. The number of ether oxygens (including phenoxy) is 1. The van der Waals surface area contributed by atoms with Crippen LogP contribution in [0.5, 0.6) is 5.75 Å². The average molecular weight is 419 g/mol. The van der Waals surface area contributed by atoms with Crippen molar-refractivity contribution in [2.75, 3.05) is 5.32 Å². The maximum atomic E-state index is 13.0. The van der Waals surface area contributed by atoms with Crippen molar-refractivity contribution in [3.05, 3.63) is 84.4 Å². The summed E-state index contributed by atoms with van der Waals surface area (Å²) < 4.78 is 24.0. The van der Waals surface area contributed by atoms with Crippen LogP contribution in [0.25, 0.3) is 11.4 Å². The van der Waals surface area contributed by atoms with Crippen molar-refractivity contribution in [2.24, 2.45) is 0 Å². The largest absolute Gasteiger partial charge is 0.485 e. The number of pyridine rings is 2. The molecule has 8 nitrogen and oxygen atoms in total. The van der Waals surface area contributed by atoms with Crippen LogP contribution in [0, 0.1) is 5.82 Å². The zero-order valence-electron chi connectivity index (χ0n) is 16.4. The number of amides is 1. The van der Waals surface area contributed by atoms with Crippen LogP contribution in [-0.2, 0) is 17.8 Å². The van der Waals surface area contributed by atoms with Crippen molar-refractivity contribution >= 4 is 11.7 Å². The van der Waals surface area contributed by atoms with Crippen LogP contribution >= 0.6 is 0 Å². The number of hydrogen-bond donors (Lipinski definition) is 1. The number of carbonyl (C=O) groups excluding carboxylic acids is 1. The summed E-state index contributed by atoms with van der Waals surface area (Å²) in [5.41, 5.74) is 1.58. The van der Waals surface area contributed by atoms with E-state index in [4.69, 9.17) is 9.26 Å². The summed E-state index contributed by atoms with van der Waals surface area (Å²) in [4.78, 5) is 24.8. The Balaban J connectivity index is 1.33. The summed E-state index contributed by atoms with van der Waals surface area (Å²) in [5.74, 6) is 0.830. The Bertz CT molecular complexity index is 1150. The number of carbonyl (C=O) groups is 1. The molecule has 4 aromatic rings. The zero-order valence-corrected chi connectivity index (χ0v) is 16.4. The Morgan fingerprint density at radius 1 is 1.06 bits per heavy atom. The van der Waals surface area contributed by atoms with Crippen LogP contribution in [0.15, 0.2) is 71.6 Å². The molecule has 0 aliphatic rings. The number of aryl methyl sites for hydroxylation is 1. The van der Waals surface area contributed by atoms with Crippen LogP contribution < -0.4 is 10.1 Å². The molecule has 0 saturated carbocycles. The Morgan fingerprint density at radius 3 is 2.68 bits per heavy atom. The van der Waals surface area contributed by atoms with Gasteiger partial charge in [0.15, 0.2) is 11.6 Å². The molecule has 0 fully saturated rings. The Kier molecular flexibility index (Phi) is 6.22. The number of nitrogens with zero attached hydrogens (tertiary/aromatic N) is 4. The monoisotopic (exact) mass is 419 g/mol. The van der Waals surface area contributed by atoms with Gasteiger partial charge in [-0.15, -0.1) is 0 Å². The fourth-order valence-electron chi connectivity index (χ4n) is 2.73. The fraction of sp³-hybridized carbons (Fsp3) is 0.136. The first-order valence-corrected chi connectivity index (χ1v) is 9.52. The van der Waals surface area contributed by atoms with Gasteiger partial charge in [0.1, 0.15) is 12.4 Å². The van der Waals surface area contributed by atoms with Crippen molar-refractivity contribution in [1.29, 1.82) is 0 Å². The summed E-state index contributed by atoms with van der Waals surface area (Å²) in [5, 5.41) is 6.61. The van der Waals surface area contributed by atoms with Crippen molar-refractivity contribution < 1.29 is 18.4 Å². The molecule has 0 radical (unpaired) electrons. The highest BCUT2D eigenvalue weighted by Crippen LogP contribution is 2.22. The molecule has 0 spiro atoms. The third kappa shape index (κ3) is 5.47. The average Bonchev–Trinajstić information content (AvgIpc) is 3.27. The lowest BCUT2D eigenvalue weighted by Crippen LogP contribution is -2.14. The number of rotatable bonds is 8. The number of aromatic nitrogens is 4. The van der Waals surface area contributed by atoms with Crippen molar-refractivity contribution in [2.45, 2.75) is 19.4 Å². The predicted octanol–water partition coefficient (Wildman–Crippen LogP) is 3.82. The molecule has 156 valence electrons. The second kappa shape index (κ2) is 9.57. The molecule has 1 aromatic carbocycles. The van der Waals surface area contributed by atoms with E-state index in [1.165, 1.54) is 12.1 Å². The van der Waals surface area contributed by atoms with Crippen LogP contribution in [0.1, 0.15) is 17.9 Å². The number of hydrogen-bond acceptors (Lipinski definition) is 7. The first-order chi connectivity index (χ1) is 15.2. The SMILES string of the molecule is O=C(CCc1nc(-c2ccc(F)cc2)no1)Nc1ncccc1OCc1ccncc1. The third-order valence-electron chi connectivity index (χ3n) is 4.31. The van der Waals surface area contributed by atoms with Gasteiger partial charge in [-0.2, -0.15) is 4.98 Å². The standard InChI is InChI=1S/C22H18FN5O3/c23-17-5-3-16(4-6-17)21-27-20(31-28-21)8-7-19(29)26-22-18(2-1-11-25-22)30-14-15-9-12-24-13-10-15/h1-6,9-13H,7-8,14H2,(H,25,26,29). The lowest BCUT2D eigenvalue weighted by Gasteiger charge is -2.11. The van der Waals surface area contributed by atoms with Crippen molar-refractivity contribution in [1.82, 2.24) is 20.1 Å². The highest BCUT2D eigenvalue weighted by Gasteiger charge is 2.13. The van der Waals surface area contributed by atoms with Gasteiger partial charge in [0.05, 0.1) is 0 Å². The van der Waals surface area contributed by atoms with Gasteiger partial charge in [0.25, 0.3) is 0 Å². The Hall–Kier alpha value is -4.14. The van der Waals surface area contributed by atoms with E-state index in [0.29, 0.717) is 35.5 Å². The number of halogens is 1. The molecule has 1 amide bonds. The molecule has 0 aliphatic heterocycles. The topological polar surface area (TPSA) is 103 Å². The molecular formula is C22H18FN5O3. The normalized spacial score (nSPS) is 10.6. The first-order valence-electron chi connectivity index (χ1n) is 9.52. The molecule has 4 rings (SSSR count). The molecule has 0 aliphatic carbocycles. The van der Waals surface area contributed by atoms with E-state index in [-0.39, 0.29) is 24.6 Å². The smallest absolute Gasteiger partial charge is 0.227 e. The van der Waals surface area contributed by atoms with E-state index in [2.05, 4.69) is 25.4 Å². The van der Waals surface area contributed by atoms with Crippen LogP contribution in [-0.4, -0.2) is 26.0 Å². The summed E-state index contributed by atoms with van der Waals surface area (Å²) >= 11 is 0. The van der Waals surface area contributed by atoms with Gasteiger partial charge in [-0.1, -0.05) is 5.16 Å². The minimum atomic E-state index is -0.345. The minimum absolute atomic E-state index is 0.116. The van der Waals surface area contributed by atoms with Crippen LogP contribution in [0.2, 0.25) is 0 Å². The summed E-state index contributed by atoms with van der Waals surface area (Å²) in [6.45, 7) is 0.325. The Morgan fingerprint density at radius 2 is 1.87 bits per heavy atom. The van der Waals surface area contributed by atoms with Gasteiger partial charge in [0.2, 0.25) is 17.6 Å². The minimum Gasteiger partial charge on any atom is -0.485 e. The summed E-state index contributed by atoms with van der Waals surface area (Å²) in [6.07, 6.45) is 5.31. The fourth-order valence-corrected chi connectivity index (χ4v) is 2.73. The highest BCUT2D eigenvalue weighted by molar-refractivity contribution is 5.91. The molecule has 3 aromatic heterocycles. The van der Waals surface area contributed by atoms with Crippen LogP contribution in [0.3, 0.4) is 0 Å². The Labute approximate surface area is 177 Å². The lowest BCUT2D eigenvalue weighted by molar-refractivity contribution is -0.116. The highest BCUT2D eigenvalue weighted by atomic mass is 19.1. The van der Waals surface area contributed by atoms with Gasteiger partial charge in [-0.25, -0.2) is 9.37 Å². The summed E-state index contributed by atoms with van der Waals surface area (Å²) in [6, 6.07) is 12.9. The molecular weight excluding hydrogens is 401 g/mol. The molecule has 0 unspecified atom stereocenters. The number of anilines is 1. The van der Waals surface area contributed by atoms with E-state index < -0.39 is 0 Å². The quantitative estimate of drug-likeness (QED) is 0.463. The van der Waals surface area contributed by atoms with E-state index in [9.17, 15) is 9.18 Å². The van der Waals surface area contributed by atoms with E-state index in [1.807, 2.05) is 12.1 Å². The van der Waals surface area contributed by atoms with Crippen molar-refractivity contribution in [3.63, 3.8) is 0 Å². The number of nitrogens with one attached hydrogen (secondary N) is 1. The van der Waals surface area contributed by atoms with Gasteiger partial charge >= 0.3 is 0 Å². The van der Waals surface area contributed by atoms with Gasteiger partial charge in [0, 0.05) is 37.0 Å². The summed E-state index contributed by atoms with van der Waals surface area (Å²) in [7, 11) is 0. The second-order valence-corrected chi connectivity index (χ2v) is 6.56. The van der Waals surface area contributed by atoms with E-state index in [1.54, 1.807) is 42.9 Å². The zero-order chi connectivity index (χ0) is 21.5. The second-order valence-electron chi connectivity index (χ2n) is 6.56. The molecule has 31 heavy (non-hydrogen) atoms. The van der Waals surface area contributed by atoms with Gasteiger partial charge < -0.3 is 14.6 Å². The maximum absolute atomic E-state index is 13.0. The van der Waals surface area contributed by atoms with Crippen molar-refractivity contribution in [3.8, 4) is 17.1 Å². The maximum Gasteiger partial charge on any atom is 0.227 e. The van der Waals surface area contributed by atoms with E-state index in [0.717, 1.165) is 5.56 Å². The van der Waals surface area contributed by atoms with Crippen LogP contribution in [0.4, 0.5) is 10.2 Å². The molecule has 1 N–H and O–H groups in total. The number of benzene rings is 1. The molecule has 0 atom stereocenters. The van der Waals surface area contributed by atoms with Gasteiger partial charge in [-0.3, -0.25) is 9.78 Å². The lowest BCUT2D eigenvalue weighted by atomic mass is 10.2. The third-order valence-corrected chi connectivity index (χ3v) is 4.31. The predicted molar refractivity (Wildman–Crippen MR) is 109 cm³/mol. The molecule has 0 bridgehead atoms. The molecule has 9 heteroatoms. The van der Waals surface area contributed by atoms with E-state index >= 15 is 0 Å². The van der Waals surface area contributed by atoms with Gasteiger partial charge in [-0.05, 0) is 54.1 Å².